The van der Waals surface area contributed by atoms with Crippen LogP contribution in [0.4, 0.5) is 0 Å². The number of methoxy groups -OCH3 is 1. The summed E-state index contributed by atoms with van der Waals surface area (Å²) in [6.07, 6.45) is 15.5. The molecule has 0 saturated heterocycles. The van der Waals surface area contributed by atoms with Crippen LogP contribution in [0.2, 0.25) is 0 Å². The maximum Gasteiger partial charge on any atom is 0.328 e. The third kappa shape index (κ3) is 5.15. The van der Waals surface area contributed by atoms with Crippen LogP contribution in [0.5, 0.6) is 11.5 Å². The van der Waals surface area contributed by atoms with Gasteiger partial charge in [-0.25, -0.2) is 4.79 Å². The molecule has 3 saturated carbocycles. The van der Waals surface area contributed by atoms with E-state index >= 15 is 0 Å². The Bertz CT molecular complexity index is 1350. The van der Waals surface area contributed by atoms with Gasteiger partial charge in [0.25, 0.3) is 5.91 Å². The van der Waals surface area contributed by atoms with Crippen LogP contribution in [0.3, 0.4) is 0 Å². The van der Waals surface area contributed by atoms with Gasteiger partial charge in [-0.2, -0.15) is 0 Å². The van der Waals surface area contributed by atoms with Crippen molar-refractivity contribution in [3.8, 4) is 23.8 Å². The standard InChI is InChI=1S/C33H42N2O7/c1-5-33(40)15-12-25-23-8-7-21-18-22(10-13-31(21,2)24(23)11-14-32(25,33)3)35-42-19-29(38)34-26(30(39)41-4)16-20-6-9-27(36)28(37)17-20/h1,6,9,17-18,23-26,36-37,40H,7-8,10-16,19H2,2-4H3,(H,34,38)/b35-22+/t23-,24+,25+,26+,31+,32+,33-/m1/s1. The summed E-state index contributed by atoms with van der Waals surface area (Å²) in [5.74, 6) is 2.55. The Hall–Kier alpha value is -3.51. The Morgan fingerprint density at radius 2 is 1.88 bits per heavy atom. The van der Waals surface area contributed by atoms with E-state index in [0.29, 0.717) is 29.7 Å². The minimum absolute atomic E-state index is 0.0651. The van der Waals surface area contributed by atoms with Crippen LogP contribution in [-0.4, -0.2) is 58.3 Å². The van der Waals surface area contributed by atoms with Crippen molar-refractivity contribution in [1.82, 2.24) is 5.32 Å². The number of esters is 1. The molecule has 0 spiro atoms. The first-order valence-corrected chi connectivity index (χ1v) is 14.9. The monoisotopic (exact) mass is 578 g/mol. The average Bonchev–Trinajstić information content (AvgIpc) is 3.25. The largest absolute Gasteiger partial charge is 0.504 e. The quantitative estimate of drug-likeness (QED) is 0.166. The summed E-state index contributed by atoms with van der Waals surface area (Å²) in [5, 5.41) is 37.4. The summed E-state index contributed by atoms with van der Waals surface area (Å²) >= 11 is 0. The van der Waals surface area contributed by atoms with Gasteiger partial charge in [0.05, 0.1) is 12.8 Å². The second-order valence-electron chi connectivity index (χ2n) is 13.0. The minimum Gasteiger partial charge on any atom is -0.504 e. The van der Waals surface area contributed by atoms with Gasteiger partial charge in [-0.1, -0.05) is 36.6 Å². The molecule has 4 N–H and O–H groups in total. The molecule has 42 heavy (non-hydrogen) atoms. The van der Waals surface area contributed by atoms with Gasteiger partial charge in [0, 0.05) is 11.8 Å². The number of oxime groups is 1. The summed E-state index contributed by atoms with van der Waals surface area (Å²) in [7, 11) is 1.23. The Morgan fingerprint density at radius 3 is 2.60 bits per heavy atom. The van der Waals surface area contributed by atoms with Crippen LogP contribution >= 0.6 is 0 Å². The summed E-state index contributed by atoms with van der Waals surface area (Å²) in [6, 6.07) is 3.20. The molecule has 226 valence electrons. The highest BCUT2D eigenvalue weighted by Crippen LogP contribution is 2.67. The smallest absolute Gasteiger partial charge is 0.328 e. The number of fused-ring (bicyclic) bond motifs is 5. The normalized spacial score (nSPS) is 35.1. The van der Waals surface area contributed by atoms with Crippen LogP contribution in [0, 0.1) is 40.9 Å². The van der Waals surface area contributed by atoms with Crippen molar-refractivity contribution in [2.24, 2.45) is 33.7 Å². The van der Waals surface area contributed by atoms with Gasteiger partial charge < -0.3 is 30.2 Å². The van der Waals surface area contributed by atoms with Gasteiger partial charge in [0.15, 0.2) is 18.1 Å². The van der Waals surface area contributed by atoms with Crippen molar-refractivity contribution < 1.29 is 34.5 Å². The molecule has 9 nitrogen and oxygen atoms in total. The highest BCUT2D eigenvalue weighted by atomic mass is 16.6. The number of ether oxygens (including phenoxy) is 1. The minimum atomic E-state index is -0.999. The first-order chi connectivity index (χ1) is 19.9. The zero-order chi connectivity index (χ0) is 30.3. The van der Waals surface area contributed by atoms with Gasteiger partial charge in [-0.3, -0.25) is 4.79 Å². The van der Waals surface area contributed by atoms with E-state index in [4.69, 9.17) is 16.0 Å². The predicted octanol–water partition coefficient (Wildman–Crippen LogP) is 4.00. The summed E-state index contributed by atoms with van der Waals surface area (Å²) < 4.78 is 4.82. The number of carbonyl (C=O) groups is 2. The number of rotatable bonds is 7. The molecule has 0 heterocycles. The van der Waals surface area contributed by atoms with Gasteiger partial charge in [0.1, 0.15) is 11.6 Å². The molecule has 4 aliphatic rings. The summed E-state index contributed by atoms with van der Waals surface area (Å²) in [4.78, 5) is 30.3. The fourth-order valence-corrected chi connectivity index (χ4v) is 8.57. The number of aliphatic hydroxyl groups is 1. The SMILES string of the molecule is C#C[C@@]1(O)CC[C@H]2[C@@H]3CCC4=C/C(=N/OCC(=O)N[C@@H](Cc5ccc(O)c(O)c5)C(=O)OC)CC[C@]4(C)[C@H]3CC[C@@]21C. The third-order valence-corrected chi connectivity index (χ3v) is 11.0. The maximum atomic E-state index is 12.6. The van der Waals surface area contributed by atoms with Crippen molar-refractivity contribution in [2.45, 2.75) is 83.3 Å². The van der Waals surface area contributed by atoms with E-state index in [-0.39, 0.29) is 35.4 Å². The molecule has 0 aromatic heterocycles. The highest BCUT2D eigenvalue weighted by Gasteiger charge is 2.63. The Balaban J connectivity index is 1.20. The number of nitrogens with zero attached hydrogens (tertiary/aromatic N) is 1. The van der Waals surface area contributed by atoms with Crippen LogP contribution in [0.15, 0.2) is 35.0 Å². The predicted molar refractivity (Wildman–Crippen MR) is 156 cm³/mol. The Morgan fingerprint density at radius 1 is 1.12 bits per heavy atom. The molecule has 0 bridgehead atoms. The Kier molecular flexibility index (Phi) is 8.06. The average molecular weight is 579 g/mol. The molecular weight excluding hydrogens is 536 g/mol. The molecule has 4 aliphatic carbocycles. The van der Waals surface area contributed by atoms with Crippen molar-refractivity contribution in [3.63, 3.8) is 0 Å². The zero-order valence-electron chi connectivity index (χ0n) is 24.7. The zero-order valence-corrected chi connectivity index (χ0v) is 24.7. The number of carbonyl (C=O) groups excluding carboxylic acids is 2. The molecule has 1 aromatic carbocycles. The van der Waals surface area contributed by atoms with Gasteiger partial charge in [-0.05, 0) is 98.3 Å². The number of benzene rings is 1. The van der Waals surface area contributed by atoms with Gasteiger partial charge in [0.2, 0.25) is 0 Å². The van der Waals surface area contributed by atoms with Crippen molar-refractivity contribution in [3.05, 3.63) is 35.4 Å². The van der Waals surface area contributed by atoms with Gasteiger partial charge in [-0.15, -0.1) is 6.42 Å². The van der Waals surface area contributed by atoms with Crippen LogP contribution in [0.25, 0.3) is 0 Å². The number of phenols is 2. The Labute approximate surface area is 247 Å². The number of amides is 1. The van der Waals surface area contributed by atoms with E-state index in [9.17, 15) is 24.9 Å². The number of allylic oxidation sites excluding steroid dienone is 2. The molecule has 5 rings (SSSR count). The van der Waals surface area contributed by atoms with E-state index in [1.54, 1.807) is 6.07 Å². The third-order valence-electron chi connectivity index (χ3n) is 11.0. The first-order valence-electron chi connectivity index (χ1n) is 14.9. The fraction of sp³-hybridized carbons (Fsp3) is 0.606. The maximum absolute atomic E-state index is 12.6. The number of hydrogen-bond donors (Lipinski definition) is 4. The lowest BCUT2D eigenvalue weighted by Gasteiger charge is -2.58. The number of phenolic OH excluding ortho intramolecular Hbond substituents is 2. The number of aromatic hydroxyl groups is 2. The molecule has 1 amide bonds. The lowest BCUT2D eigenvalue weighted by Crippen LogP contribution is -2.54. The van der Waals surface area contributed by atoms with E-state index in [1.807, 2.05) is 0 Å². The first kappa shape index (κ1) is 30.0. The lowest BCUT2D eigenvalue weighted by atomic mass is 9.46. The molecule has 0 aliphatic heterocycles. The highest BCUT2D eigenvalue weighted by molar-refractivity contribution is 5.96. The van der Waals surface area contributed by atoms with Crippen LogP contribution in [-0.2, 0) is 25.6 Å². The summed E-state index contributed by atoms with van der Waals surface area (Å²) in [5.41, 5.74) is 1.60. The van der Waals surface area contributed by atoms with Crippen molar-refractivity contribution in [2.75, 3.05) is 13.7 Å². The molecule has 3 fully saturated rings. The van der Waals surface area contributed by atoms with E-state index in [2.05, 4.69) is 36.3 Å². The molecule has 0 unspecified atom stereocenters. The topological polar surface area (TPSA) is 138 Å². The number of terminal acetylenes is 1. The second kappa shape index (κ2) is 11.3. The molecular formula is C33H42N2O7. The lowest BCUT2D eigenvalue weighted by molar-refractivity contribution is -0.145. The van der Waals surface area contributed by atoms with Crippen LogP contribution in [0.1, 0.15) is 70.8 Å². The van der Waals surface area contributed by atoms with E-state index < -0.39 is 23.5 Å². The van der Waals surface area contributed by atoms with E-state index in [0.717, 1.165) is 50.7 Å². The summed E-state index contributed by atoms with van der Waals surface area (Å²) in [6.45, 7) is 4.23. The van der Waals surface area contributed by atoms with E-state index in [1.165, 1.54) is 24.8 Å². The molecule has 7 atom stereocenters. The van der Waals surface area contributed by atoms with Crippen molar-refractivity contribution in [1.29, 1.82) is 0 Å². The number of nitrogens with one attached hydrogen (secondary N) is 1. The fourth-order valence-electron chi connectivity index (χ4n) is 8.57. The molecule has 0 radical (unpaired) electrons. The van der Waals surface area contributed by atoms with Gasteiger partial charge >= 0.3 is 5.97 Å². The number of hydrogen-bond acceptors (Lipinski definition) is 8. The second-order valence-corrected chi connectivity index (χ2v) is 13.0. The van der Waals surface area contributed by atoms with Crippen LogP contribution < -0.4 is 5.32 Å². The van der Waals surface area contributed by atoms with Crippen molar-refractivity contribution >= 4 is 17.6 Å². The molecule has 1 aromatic rings. The molecule has 9 heteroatoms.